The molecule has 0 aromatic heterocycles. The van der Waals surface area contributed by atoms with Gasteiger partial charge in [-0.25, -0.2) is 0 Å². The Labute approximate surface area is 94.7 Å². The average molecular weight is 220 g/mol. The number of ether oxygens (including phenoxy) is 1. The summed E-state index contributed by atoms with van der Waals surface area (Å²) < 4.78 is 5.89. The van der Waals surface area contributed by atoms with E-state index in [0.717, 1.165) is 16.9 Å². The zero-order valence-corrected chi connectivity index (χ0v) is 9.26. The first kappa shape index (κ1) is 10.1. The van der Waals surface area contributed by atoms with Crippen LogP contribution < -0.4 is 4.74 Å². The number of rotatable bonds is 1. The molecule has 3 nitrogen and oxygen atoms in total. The topological polar surface area (TPSA) is 49.7 Å². The molecule has 0 spiro atoms. The number of para-hydroxylation sites is 1. The van der Waals surface area contributed by atoms with Crippen molar-refractivity contribution in [3.8, 4) is 5.75 Å². The molecular weight excluding hydrogens is 204 g/mol. The molecule has 86 valence electrons. The molecule has 2 N–H and O–H groups in total. The van der Waals surface area contributed by atoms with Gasteiger partial charge in [0.05, 0.1) is 6.10 Å². The molecule has 1 heterocycles. The highest BCUT2D eigenvalue weighted by atomic mass is 16.5. The Morgan fingerprint density at radius 3 is 3.00 bits per heavy atom. The normalized spacial score (nSPS) is 35.7. The van der Waals surface area contributed by atoms with Gasteiger partial charge in [0.2, 0.25) is 0 Å². The summed E-state index contributed by atoms with van der Waals surface area (Å²) in [6, 6.07) is 6.09. The lowest BCUT2D eigenvalue weighted by Crippen LogP contribution is -2.22. The highest BCUT2D eigenvalue weighted by Gasteiger charge is 2.49. The average Bonchev–Trinajstić information content (AvgIpc) is 2.74. The standard InChI is InChI=1S/C13H16O3/c1-7-3-2-4-8-12-9(6-14)10(15)5-11(12)16-13(7)8/h2-4,9-12,14-15H,5-6H2,1H3/t9-,10+,11-,12+/m0/s1. The van der Waals surface area contributed by atoms with Crippen LogP contribution in [0.3, 0.4) is 0 Å². The number of aryl methyl sites for hydroxylation is 1. The third kappa shape index (κ3) is 1.22. The largest absolute Gasteiger partial charge is 0.489 e. The van der Waals surface area contributed by atoms with Crippen molar-refractivity contribution in [3.63, 3.8) is 0 Å². The molecule has 0 amide bonds. The molecule has 0 saturated heterocycles. The quantitative estimate of drug-likeness (QED) is 0.748. The van der Waals surface area contributed by atoms with Gasteiger partial charge in [0.25, 0.3) is 0 Å². The molecule has 1 aliphatic heterocycles. The van der Waals surface area contributed by atoms with Gasteiger partial charge in [-0.05, 0) is 12.5 Å². The van der Waals surface area contributed by atoms with Crippen molar-refractivity contribution in [3.05, 3.63) is 29.3 Å². The van der Waals surface area contributed by atoms with E-state index >= 15 is 0 Å². The Morgan fingerprint density at radius 1 is 1.44 bits per heavy atom. The number of fused-ring (bicyclic) bond motifs is 3. The lowest BCUT2D eigenvalue weighted by atomic mass is 9.88. The van der Waals surface area contributed by atoms with Gasteiger partial charge < -0.3 is 14.9 Å². The summed E-state index contributed by atoms with van der Waals surface area (Å²) in [5.41, 5.74) is 2.29. The molecular formula is C13H16O3. The van der Waals surface area contributed by atoms with Crippen molar-refractivity contribution < 1.29 is 14.9 Å². The molecule has 1 saturated carbocycles. The van der Waals surface area contributed by atoms with Crippen LogP contribution in [0, 0.1) is 12.8 Å². The van der Waals surface area contributed by atoms with Crippen molar-refractivity contribution in [2.75, 3.05) is 6.61 Å². The molecule has 1 aromatic carbocycles. The summed E-state index contributed by atoms with van der Waals surface area (Å²) in [6.07, 6.45) is 0.237. The van der Waals surface area contributed by atoms with E-state index in [1.807, 2.05) is 25.1 Å². The maximum atomic E-state index is 9.85. The molecule has 0 unspecified atom stereocenters. The van der Waals surface area contributed by atoms with Gasteiger partial charge in [-0.1, -0.05) is 18.2 Å². The summed E-state index contributed by atoms with van der Waals surface area (Å²) >= 11 is 0. The Morgan fingerprint density at radius 2 is 2.25 bits per heavy atom. The van der Waals surface area contributed by atoms with Crippen molar-refractivity contribution >= 4 is 0 Å². The van der Waals surface area contributed by atoms with E-state index in [4.69, 9.17) is 4.74 Å². The van der Waals surface area contributed by atoms with Crippen molar-refractivity contribution in [2.24, 2.45) is 5.92 Å². The first-order valence-electron chi connectivity index (χ1n) is 5.77. The predicted octanol–water partition coefficient (Wildman–Crippen LogP) is 1.21. The van der Waals surface area contributed by atoms with Crippen LogP contribution in [0.4, 0.5) is 0 Å². The summed E-state index contributed by atoms with van der Waals surface area (Å²) in [6.45, 7) is 2.06. The number of aliphatic hydroxyl groups is 2. The van der Waals surface area contributed by atoms with Crippen molar-refractivity contribution in [1.82, 2.24) is 0 Å². The fraction of sp³-hybridized carbons (Fsp3) is 0.538. The second-order valence-electron chi connectivity index (χ2n) is 4.82. The van der Waals surface area contributed by atoms with E-state index < -0.39 is 6.10 Å². The van der Waals surface area contributed by atoms with E-state index in [1.54, 1.807) is 0 Å². The first-order valence-corrected chi connectivity index (χ1v) is 5.77. The van der Waals surface area contributed by atoms with Gasteiger partial charge in [-0.2, -0.15) is 0 Å². The second kappa shape index (κ2) is 3.47. The van der Waals surface area contributed by atoms with Crippen LogP contribution >= 0.6 is 0 Å². The summed E-state index contributed by atoms with van der Waals surface area (Å²) in [7, 11) is 0. The van der Waals surface area contributed by atoms with Crippen LogP contribution in [0.25, 0.3) is 0 Å². The SMILES string of the molecule is Cc1cccc2c1O[C@H]1C[C@@H](O)[C@H](CO)[C@@H]21. The smallest absolute Gasteiger partial charge is 0.126 e. The zero-order chi connectivity index (χ0) is 11.3. The number of hydrogen-bond acceptors (Lipinski definition) is 3. The molecule has 1 aromatic rings. The highest BCUT2D eigenvalue weighted by molar-refractivity contribution is 5.48. The predicted molar refractivity (Wildman–Crippen MR) is 59.5 cm³/mol. The molecule has 4 atom stereocenters. The molecule has 0 radical (unpaired) electrons. The minimum atomic E-state index is -0.436. The van der Waals surface area contributed by atoms with Gasteiger partial charge in [0.1, 0.15) is 11.9 Å². The summed E-state index contributed by atoms with van der Waals surface area (Å²) in [5.74, 6) is 1.05. The lowest BCUT2D eigenvalue weighted by Gasteiger charge is -2.17. The maximum Gasteiger partial charge on any atom is 0.126 e. The van der Waals surface area contributed by atoms with Crippen molar-refractivity contribution in [1.29, 1.82) is 0 Å². The van der Waals surface area contributed by atoms with Crippen LogP contribution in [0.5, 0.6) is 5.75 Å². The molecule has 3 rings (SSSR count). The van der Waals surface area contributed by atoms with E-state index in [9.17, 15) is 10.2 Å². The highest BCUT2D eigenvalue weighted by Crippen LogP contribution is 2.50. The first-order chi connectivity index (χ1) is 7.72. The van der Waals surface area contributed by atoms with Crippen LogP contribution in [-0.4, -0.2) is 29.0 Å². The summed E-state index contributed by atoms with van der Waals surface area (Å²) in [4.78, 5) is 0. The lowest BCUT2D eigenvalue weighted by molar-refractivity contribution is 0.0832. The van der Waals surface area contributed by atoms with E-state index in [-0.39, 0.29) is 24.5 Å². The van der Waals surface area contributed by atoms with E-state index in [0.29, 0.717) is 6.42 Å². The van der Waals surface area contributed by atoms with Crippen molar-refractivity contribution in [2.45, 2.75) is 31.5 Å². The molecule has 0 bridgehead atoms. The van der Waals surface area contributed by atoms with Gasteiger partial charge in [-0.15, -0.1) is 0 Å². The minimum absolute atomic E-state index is 0.0269. The molecule has 3 heteroatoms. The molecule has 16 heavy (non-hydrogen) atoms. The monoisotopic (exact) mass is 220 g/mol. The Hall–Kier alpha value is -1.06. The fourth-order valence-electron chi connectivity index (χ4n) is 3.11. The van der Waals surface area contributed by atoms with E-state index in [2.05, 4.69) is 0 Å². The third-order valence-electron chi connectivity index (χ3n) is 3.91. The number of aliphatic hydroxyl groups excluding tert-OH is 2. The Kier molecular flexibility index (Phi) is 2.19. The van der Waals surface area contributed by atoms with E-state index in [1.165, 1.54) is 0 Å². The Bertz CT molecular complexity index is 416. The number of hydrogen-bond donors (Lipinski definition) is 2. The molecule has 1 fully saturated rings. The summed E-state index contributed by atoms with van der Waals surface area (Å²) in [5, 5.41) is 19.2. The van der Waals surface area contributed by atoms with Gasteiger partial charge in [0.15, 0.2) is 0 Å². The minimum Gasteiger partial charge on any atom is -0.489 e. The maximum absolute atomic E-state index is 9.85. The molecule has 1 aliphatic carbocycles. The van der Waals surface area contributed by atoms with Gasteiger partial charge in [0, 0.05) is 30.4 Å². The fourth-order valence-corrected chi connectivity index (χ4v) is 3.11. The van der Waals surface area contributed by atoms with Gasteiger partial charge in [-0.3, -0.25) is 0 Å². The van der Waals surface area contributed by atoms with Gasteiger partial charge >= 0.3 is 0 Å². The zero-order valence-electron chi connectivity index (χ0n) is 9.26. The second-order valence-corrected chi connectivity index (χ2v) is 4.82. The number of benzene rings is 1. The Balaban J connectivity index is 2.05. The van der Waals surface area contributed by atoms with Crippen LogP contribution in [0.15, 0.2) is 18.2 Å². The third-order valence-corrected chi connectivity index (χ3v) is 3.91. The van der Waals surface area contributed by atoms with Crippen LogP contribution in [0.2, 0.25) is 0 Å². The van der Waals surface area contributed by atoms with Crippen LogP contribution in [0.1, 0.15) is 23.5 Å². The van der Waals surface area contributed by atoms with Crippen LogP contribution in [-0.2, 0) is 0 Å². The molecule has 2 aliphatic rings.